The maximum Gasteiger partial charge on any atom is 0.392 e. The monoisotopic (exact) mass is 362 g/mol. The summed E-state index contributed by atoms with van der Waals surface area (Å²) in [6, 6.07) is 7.67. The van der Waals surface area contributed by atoms with Crippen LogP contribution < -0.4 is 0 Å². The van der Waals surface area contributed by atoms with Gasteiger partial charge in [0, 0.05) is 17.7 Å². The van der Waals surface area contributed by atoms with E-state index in [9.17, 15) is 35.5 Å². The average Bonchev–Trinajstić information content (AvgIpc) is 2.45. The number of thioether (sulfide) groups is 1. The fourth-order valence-electron chi connectivity index (χ4n) is 1.66. The van der Waals surface area contributed by atoms with Gasteiger partial charge in [-0.15, -0.1) is 0 Å². The zero-order valence-corrected chi connectivity index (χ0v) is 12.4. The van der Waals surface area contributed by atoms with E-state index in [-0.39, 0.29) is 5.56 Å². The lowest BCUT2D eigenvalue weighted by Gasteiger charge is -2.23. The van der Waals surface area contributed by atoms with Gasteiger partial charge in [0.15, 0.2) is 6.17 Å². The molecule has 2 unspecified atom stereocenters. The molecule has 1 nitrogen and oxygen atoms in total. The maximum absolute atomic E-state index is 13.4. The van der Waals surface area contributed by atoms with Crippen molar-refractivity contribution >= 4 is 16.9 Å². The zero-order valence-electron chi connectivity index (χ0n) is 11.6. The molecule has 0 spiro atoms. The molecule has 0 saturated carbocycles. The molecule has 0 saturated heterocycles. The van der Waals surface area contributed by atoms with Crippen molar-refractivity contribution in [3.8, 4) is 0 Å². The van der Waals surface area contributed by atoms with E-state index in [0.717, 1.165) is 0 Å². The van der Waals surface area contributed by atoms with Crippen molar-refractivity contribution < 1.29 is 35.5 Å². The topological polar surface area (TPSA) is 17.1 Å². The molecule has 0 radical (unpaired) electrons. The number of hydrogen-bond acceptors (Lipinski definition) is 2. The molecule has 0 aliphatic carbocycles. The third kappa shape index (κ3) is 6.80. The summed E-state index contributed by atoms with van der Waals surface area (Å²) in [5.41, 5.74) is 0.248. The summed E-state index contributed by atoms with van der Waals surface area (Å²) in [6.07, 6.45) is -15.5. The lowest BCUT2D eigenvalue weighted by atomic mass is 10.0. The van der Waals surface area contributed by atoms with Gasteiger partial charge < -0.3 is 0 Å². The van der Waals surface area contributed by atoms with Crippen LogP contribution in [0.2, 0.25) is 0 Å². The van der Waals surface area contributed by atoms with Gasteiger partial charge in [0.05, 0.1) is 6.42 Å². The summed E-state index contributed by atoms with van der Waals surface area (Å²) in [5, 5.41) is -0.538. The Morgan fingerprint density at radius 3 is 2.13 bits per heavy atom. The minimum Gasteiger partial charge on any atom is -0.282 e. The molecule has 2 atom stereocenters. The molecular formula is C14H13F7OS. The molecule has 0 fully saturated rings. The normalized spacial score (nSPS) is 15.3. The van der Waals surface area contributed by atoms with Crippen LogP contribution in [0.3, 0.4) is 0 Å². The Hall–Kier alpha value is -1.25. The van der Waals surface area contributed by atoms with E-state index in [4.69, 9.17) is 0 Å². The Bertz CT molecular complexity index is 504. The third-order valence-electron chi connectivity index (χ3n) is 2.83. The summed E-state index contributed by atoms with van der Waals surface area (Å²) in [4.78, 5) is 11.6. The van der Waals surface area contributed by atoms with Gasteiger partial charge in [-0.05, 0) is 0 Å². The number of hydrogen-bond donors (Lipinski definition) is 0. The second-order valence-corrected chi connectivity index (χ2v) is 5.82. The summed E-state index contributed by atoms with van der Waals surface area (Å²) < 4.78 is 88.7. The summed E-state index contributed by atoms with van der Waals surface area (Å²) in [6.45, 7) is 0. The lowest BCUT2D eigenvalue weighted by Crippen LogP contribution is -2.40. The molecular weight excluding hydrogens is 349 g/mol. The number of benzene rings is 1. The van der Waals surface area contributed by atoms with Gasteiger partial charge in [0.25, 0.3) is 5.92 Å². The predicted molar refractivity (Wildman–Crippen MR) is 73.3 cm³/mol. The molecule has 0 amide bonds. The second-order valence-electron chi connectivity index (χ2n) is 4.75. The first kappa shape index (κ1) is 19.8. The molecule has 0 bridgehead atoms. The van der Waals surface area contributed by atoms with Gasteiger partial charge in [0.1, 0.15) is 6.17 Å². The molecule has 1 rings (SSSR count). The van der Waals surface area contributed by atoms with Crippen LogP contribution in [0.25, 0.3) is 0 Å². The van der Waals surface area contributed by atoms with Gasteiger partial charge in [-0.2, -0.15) is 13.2 Å². The largest absolute Gasteiger partial charge is 0.392 e. The smallest absolute Gasteiger partial charge is 0.282 e. The van der Waals surface area contributed by atoms with Crippen LogP contribution in [0, 0.1) is 0 Å². The summed E-state index contributed by atoms with van der Waals surface area (Å²) in [5.74, 6) is -4.82. The maximum atomic E-state index is 13.4. The molecule has 0 aliphatic heterocycles. The van der Waals surface area contributed by atoms with E-state index < -0.39 is 48.2 Å². The van der Waals surface area contributed by atoms with Crippen LogP contribution in [0.4, 0.5) is 30.7 Å². The van der Waals surface area contributed by atoms with E-state index in [1.807, 2.05) is 0 Å². The van der Waals surface area contributed by atoms with Gasteiger partial charge in [0.2, 0.25) is 5.12 Å². The molecule has 1 aromatic carbocycles. The van der Waals surface area contributed by atoms with Crippen LogP contribution in [-0.2, 0) is 0 Å². The molecule has 0 aromatic heterocycles. The van der Waals surface area contributed by atoms with Gasteiger partial charge in [-0.25, -0.2) is 17.6 Å². The first-order valence-corrected chi connectivity index (χ1v) is 7.46. The van der Waals surface area contributed by atoms with E-state index in [1.165, 1.54) is 12.1 Å². The Morgan fingerprint density at radius 2 is 1.61 bits per heavy atom. The van der Waals surface area contributed by atoms with E-state index >= 15 is 0 Å². The molecule has 130 valence electrons. The van der Waals surface area contributed by atoms with Gasteiger partial charge in [-0.1, -0.05) is 42.1 Å². The number of rotatable bonds is 7. The SMILES string of the molecule is O=C(SCCC(F)(F)C(F)C(F)CC(F)(F)F)c1ccccc1. The van der Waals surface area contributed by atoms with Crippen molar-refractivity contribution in [2.45, 2.75) is 37.3 Å². The lowest BCUT2D eigenvalue weighted by molar-refractivity contribution is -0.169. The fourth-order valence-corrected chi connectivity index (χ4v) is 2.53. The first-order chi connectivity index (χ1) is 10.5. The minimum atomic E-state index is -5.07. The first-order valence-electron chi connectivity index (χ1n) is 6.48. The quantitative estimate of drug-likeness (QED) is 0.619. The van der Waals surface area contributed by atoms with E-state index in [2.05, 4.69) is 0 Å². The van der Waals surface area contributed by atoms with Crippen LogP contribution in [0.15, 0.2) is 30.3 Å². The highest BCUT2D eigenvalue weighted by atomic mass is 32.2. The second kappa shape index (κ2) is 8.03. The standard InChI is InChI=1S/C14H13F7OS/c15-10(8-14(19,20)21)11(16)13(17,18)6-7-23-12(22)9-4-2-1-3-5-9/h1-5,10-11H,6-8H2. The zero-order chi connectivity index (χ0) is 17.7. The van der Waals surface area contributed by atoms with Gasteiger partial charge in [-0.3, -0.25) is 4.79 Å². The van der Waals surface area contributed by atoms with Crippen LogP contribution in [0.5, 0.6) is 0 Å². The Labute approximate surface area is 132 Å². The van der Waals surface area contributed by atoms with Crippen molar-refractivity contribution in [1.82, 2.24) is 0 Å². The summed E-state index contributed by atoms with van der Waals surface area (Å²) in [7, 11) is 0. The molecule has 23 heavy (non-hydrogen) atoms. The molecule has 0 aliphatic rings. The van der Waals surface area contributed by atoms with Crippen molar-refractivity contribution in [2.24, 2.45) is 0 Å². The fraction of sp³-hybridized carbons (Fsp3) is 0.500. The highest BCUT2D eigenvalue weighted by Crippen LogP contribution is 2.35. The number of alkyl halides is 7. The Balaban J connectivity index is 2.50. The molecule has 1 aromatic rings. The number of carbonyl (C=O) groups is 1. The van der Waals surface area contributed by atoms with Crippen molar-refractivity contribution in [3.05, 3.63) is 35.9 Å². The highest BCUT2D eigenvalue weighted by Gasteiger charge is 2.48. The number of carbonyl (C=O) groups excluding carboxylic acids is 1. The molecule has 0 heterocycles. The minimum absolute atomic E-state index is 0.248. The van der Waals surface area contributed by atoms with Crippen molar-refractivity contribution in [1.29, 1.82) is 0 Å². The van der Waals surface area contributed by atoms with E-state index in [0.29, 0.717) is 11.8 Å². The van der Waals surface area contributed by atoms with Gasteiger partial charge >= 0.3 is 6.18 Å². The Kier molecular flexibility index (Phi) is 6.91. The van der Waals surface area contributed by atoms with Crippen LogP contribution >= 0.6 is 11.8 Å². The van der Waals surface area contributed by atoms with Crippen LogP contribution in [-0.4, -0.2) is 35.3 Å². The molecule has 9 heteroatoms. The van der Waals surface area contributed by atoms with Crippen molar-refractivity contribution in [2.75, 3.05) is 5.75 Å². The number of halogens is 7. The Morgan fingerprint density at radius 1 is 1.04 bits per heavy atom. The van der Waals surface area contributed by atoms with Crippen LogP contribution in [0.1, 0.15) is 23.2 Å². The average molecular weight is 362 g/mol. The molecule has 0 N–H and O–H groups in total. The van der Waals surface area contributed by atoms with Crippen molar-refractivity contribution in [3.63, 3.8) is 0 Å². The van der Waals surface area contributed by atoms with E-state index in [1.54, 1.807) is 18.2 Å². The third-order valence-corrected chi connectivity index (χ3v) is 3.73. The highest BCUT2D eigenvalue weighted by molar-refractivity contribution is 8.14. The predicted octanol–water partition coefficient (Wildman–Crippen LogP) is 5.21. The summed E-state index contributed by atoms with van der Waals surface area (Å²) >= 11 is 0.468.